The van der Waals surface area contributed by atoms with Crippen molar-refractivity contribution in [1.82, 2.24) is 10.2 Å². The summed E-state index contributed by atoms with van der Waals surface area (Å²) < 4.78 is 4.97. The van der Waals surface area contributed by atoms with E-state index in [1.165, 1.54) is 32.8 Å². The molecule has 4 heteroatoms. The van der Waals surface area contributed by atoms with Crippen LogP contribution in [0, 0.1) is 0 Å². The highest BCUT2D eigenvalue weighted by atomic mass is 16.5. The molecule has 0 spiro atoms. The molecule has 0 saturated heterocycles. The van der Waals surface area contributed by atoms with Crippen LogP contribution in [0.15, 0.2) is 0 Å². The monoisotopic (exact) mass is 284 g/mol. The number of hydrogen-bond acceptors (Lipinski definition) is 4. The topological polar surface area (TPSA) is 41.6 Å². The molecule has 1 fully saturated rings. The van der Waals surface area contributed by atoms with Crippen molar-refractivity contribution in [1.29, 1.82) is 0 Å². The van der Waals surface area contributed by atoms with Gasteiger partial charge in [-0.1, -0.05) is 13.3 Å². The van der Waals surface area contributed by atoms with Gasteiger partial charge in [0.1, 0.15) is 5.54 Å². The minimum atomic E-state index is -0.523. The molecule has 0 bridgehead atoms. The molecule has 0 radical (unpaired) electrons. The van der Waals surface area contributed by atoms with Crippen molar-refractivity contribution in [3.63, 3.8) is 0 Å². The highest BCUT2D eigenvalue weighted by Gasteiger charge is 2.38. The van der Waals surface area contributed by atoms with Crippen LogP contribution in [0.1, 0.15) is 59.3 Å². The Morgan fingerprint density at radius 3 is 2.65 bits per heavy atom. The number of ether oxygens (including phenoxy) is 1. The number of carbonyl (C=O) groups is 1. The maximum atomic E-state index is 12.0. The van der Waals surface area contributed by atoms with E-state index in [0.717, 1.165) is 19.4 Å². The minimum absolute atomic E-state index is 0.131. The molecular weight excluding hydrogens is 252 g/mol. The third kappa shape index (κ3) is 5.41. The quantitative estimate of drug-likeness (QED) is 0.626. The van der Waals surface area contributed by atoms with Gasteiger partial charge in [0, 0.05) is 12.1 Å². The maximum absolute atomic E-state index is 12.0. The Hall–Kier alpha value is -0.610. The Morgan fingerprint density at radius 2 is 2.15 bits per heavy atom. The van der Waals surface area contributed by atoms with E-state index in [1.807, 2.05) is 6.92 Å². The van der Waals surface area contributed by atoms with Crippen LogP contribution in [-0.4, -0.2) is 49.2 Å². The fraction of sp³-hybridized carbons (Fsp3) is 0.938. The van der Waals surface area contributed by atoms with Crippen LogP contribution in [-0.2, 0) is 9.53 Å². The van der Waals surface area contributed by atoms with E-state index in [1.54, 1.807) is 0 Å². The van der Waals surface area contributed by atoms with Gasteiger partial charge in [0.15, 0.2) is 0 Å². The van der Waals surface area contributed by atoms with Gasteiger partial charge in [-0.2, -0.15) is 0 Å². The fourth-order valence-corrected chi connectivity index (χ4v) is 2.68. The lowest BCUT2D eigenvalue weighted by Crippen LogP contribution is -2.51. The predicted molar refractivity (Wildman–Crippen MR) is 82.8 cm³/mol. The van der Waals surface area contributed by atoms with Crippen LogP contribution in [0.4, 0.5) is 0 Å². The Morgan fingerprint density at radius 1 is 1.50 bits per heavy atom. The molecule has 0 aromatic rings. The number of esters is 1. The number of methoxy groups -OCH3 is 1. The summed E-state index contributed by atoms with van der Waals surface area (Å²) >= 11 is 0. The maximum Gasteiger partial charge on any atom is 0.325 e. The van der Waals surface area contributed by atoms with Crippen molar-refractivity contribution in [2.45, 2.75) is 76.9 Å². The summed E-state index contributed by atoms with van der Waals surface area (Å²) in [7, 11) is 3.65. The van der Waals surface area contributed by atoms with E-state index in [0.29, 0.717) is 12.1 Å². The summed E-state index contributed by atoms with van der Waals surface area (Å²) in [4.78, 5) is 14.4. The Kier molecular flexibility index (Phi) is 6.96. The first-order valence-electron chi connectivity index (χ1n) is 7.99. The van der Waals surface area contributed by atoms with Crippen molar-refractivity contribution in [3.05, 3.63) is 0 Å². The second-order valence-corrected chi connectivity index (χ2v) is 6.46. The zero-order valence-electron chi connectivity index (χ0n) is 13.9. The molecule has 0 amide bonds. The molecule has 0 heterocycles. The van der Waals surface area contributed by atoms with Crippen molar-refractivity contribution >= 4 is 5.97 Å². The first-order chi connectivity index (χ1) is 9.42. The summed E-state index contributed by atoms with van der Waals surface area (Å²) in [6.07, 6.45) is 6.65. The molecule has 118 valence electrons. The van der Waals surface area contributed by atoms with Crippen molar-refractivity contribution in [3.8, 4) is 0 Å². The highest BCUT2D eigenvalue weighted by molar-refractivity contribution is 5.80. The molecule has 0 aliphatic heterocycles. The van der Waals surface area contributed by atoms with Crippen LogP contribution >= 0.6 is 0 Å². The van der Waals surface area contributed by atoms with Crippen LogP contribution in [0.25, 0.3) is 0 Å². The van der Waals surface area contributed by atoms with Gasteiger partial charge >= 0.3 is 5.97 Å². The number of hydrogen-bond donors (Lipinski definition) is 1. The van der Waals surface area contributed by atoms with Crippen LogP contribution in [0.2, 0.25) is 0 Å². The normalized spacial score (nSPS) is 19.7. The third-order valence-electron chi connectivity index (χ3n) is 4.38. The van der Waals surface area contributed by atoms with Gasteiger partial charge in [-0.15, -0.1) is 0 Å². The largest absolute Gasteiger partial charge is 0.468 e. The first kappa shape index (κ1) is 17.4. The predicted octanol–water partition coefficient (Wildman–Crippen LogP) is 2.57. The van der Waals surface area contributed by atoms with Crippen molar-refractivity contribution in [2.75, 3.05) is 20.7 Å². The molecule has 1 rings (SSSR count). The van der Waals surface area contributed by atoms with E-state index in [4.69, 9.17) is 4.74 Å². The molecule has 0 aromatic heterocycles. The molecule has 1 saturated carbocycles. The van der Waals surface area contributed by atoms with Gasteiger partial charge < -0.3 is 9.64 Å². The summed E-state index contributed by atoms with van der Waals surface area (Å²) in [5.74, 6) is -0.131. The molecule has 4 nitrogen and oxygen atoms in total. The van der Waals surface area contributed by atoms with Gasteiger partial charge in [-0.25, -0.2) is 0 Å². The third-order valence-corrected chi connectivity index (χ3v) is 4.38. The number of rotatable bonds is 10. The molecule has 20 heavy (non-hydrogen) atoms. The number of nitrogens with one attached hydrogen (secondary N) is 1. The SMILES string of the molecule is CCCC(C)N(C)CCCC(C)(NC1CC1)C(=O)OC. The summed E-state index contributed by atoms with van der Waals surface area (Å²) in [6.45, 7) is 7.50. The minimum Gasteiger partial charge on any atom is -0.468 e. The van der Waals surface area contributed by atoms with E-state index >= 15 is 0 Å². The number of nitrogens with zero attached hydrogens (tertiary/aromatic N) is 1. The second-order valence-electron chi connectivity index (χ2n) is 6.46. The molecular formula is C16H32N2O2. The summed E-state index contributed by atoms with van der Waals surface area (Å²) in [5, 5.41) is 3.45. The fourth-order valence-electron chi connectivity index (χ4n) is 2.68. The van der Waals surface area contributed by atoms with E-state index in [-0.39, 0.29) is 5.97 Å². The summed E-state index contributed by atoms with van der Waals surface area (Å²) in [5.41, 5.74) is -0.523. The highest BCUT2D eigenvalue weighted by Crippen LogP contribution is 2.25. The molecule has 1 aliphatic carbocycles. The Labute approximate surface area is 124 Å². The van der Waals surface area contributed by atoms with Gasteiger partial charge in [-0.3, -0.25) is 10.1 Å². The zero-order chi connectivity index (χ0) is 15.2. The zero-order valence-corrected chi connectivity index (χ0v) is 13.9. The Balaban J connectivity index is 2.39. The lowest BCUT2D eigenvalue weighted by molar-refractivity contribution is -0.148. The summed E-state index contributed by atoms with van der Waals surface area (Å²) in [6, 6.07) is 1.12. The molecule has 1 N–H and O–H groups in total. The smallest absolute Gasteiger partial charge is 0.325 e. The van der Waals surface area contributed by atoms with Crippen molar-refractivity contribution in [2.24, 2.45) is 0 Å². The van der Waals surface area contributed by atoms with Gasteiger partial charge in [0.05, 0.1) is 7.11 Å². The van der Waals surface area contributed by atoms with E-state index in [9.17, 15) is 4.79 Å². The Bertz CT molecular complexity index is 305. The van der Waals surface area contributed by atoms with Gasteiger partial charge in [0.25, 0.3) is 0 Å². The molecule has 2 atom stereocenters. The molecule has 2 unspecified atom stereocenters. The van der Waals surface area contributed by atoms with Crippen molar-refractivity contribution < 1.29 is 9.53 Å². The molecule has 1 aliphatic rings. The average molecular weight is 284 g/mol. The van der Waals surface area contributed by atoms with Gasteiger partial charge in [-0.05, 0) is 59.5 Å². The van der Waals surface area contributed by atoms with E-state index in [2.05, 4.69) is 31.1 Å². The van der Waals surface area contributed by atoms with Crippen LogP contribution in [0.5, 0.6) is 0 Å². The first-order valence-corrected chi connectivity index (χ1v) is 7.99. The number of carbonyl (C=O) groups excluding carboxylic acids is 1. The van der Waals surface area contributed by atoms with Crippen LogP contribution < -0.4 is 5.32 Å². The van der Waals surface area contributed by atoms with Gasteiger partial charge in [0.2, 0.25) is 0 Å². The second kappa shape index (κ2) is 7.99. The average Bonchev–Trinajstić information content (AvgIpc) is 3.21. The van der Waals surface area contributed by atoms with E-state index < -0.39 is 5.54 Å². The lowest BCUT2D eigenvalue weighted by Gasteiger charge is -2.30. The van der Waals surface area contributed by atoms with Crippen LogP contribution in [0.3, 0.4) is 0 Å². The standard InChI is InChI=1S/C16H32N2O2/c1-6-8-13(2)18(4)12-7-11-16(3,15(19)20-5)17-14-9-10-14/h13-14,17H,6-12H2,1-5H3. The molecule has 0 aromatic carbocycles. The lowest BCUT2D eigenvalue weighted by atomic mass is 9.95.